The molecule has 0 aliphatic rings. The van der Waals surface area contributed by atoms with Crippen molar-refractivity contribution in [3.8, 4) is 95.4 Å². The predicted octanol–water partition coefficient (Wildman–Crippen LogP) is 25.8. The first-order chi connectivity index (χ1) is 53.8. The van der Waals surface area contributed by atoms with Gasteiger partial charge in [-0.2, -0.15) is 54.8 Å². The summed E-state index contributed by atoms with van der Waals surface area (Å²) in [4.78, 5) is 16.0. The summed E-state index contributed by atoms with van der Waals surface area (Å²) in [6.07, 6.45) is -10.4. The number of carbonyl (C=O) groups is 1. The SMILES string of the molecule is CC(I)I.CCI.CCOC(Cl)Cl.Fc1cccc(Cl)c1-c1noc(-c2cnn(-c3cccc(Cl)c3)c2C(F)(F)F)c1-c1nccs1.NC(=O)c1c(-c2c(F)cccc2Cl)noc1-c1cnn(-c2cccc(Cl)c2)c1C(F)(F)F.NC(=S)c1c(-c2c(F)cccc2Cl)noc1-c1cnn(-c2cccc(Cl)c2)c1C(F)(F)F.[2H]CF. The number of carbonyl (C=O) groups excluding carboxylic acids is 1. The molecule has 0 spiro atoms. The van der Waals surface area contributed by atoms with Gasteiger partial charge in [-0.15, -0.1) is 11.3 Å². The Morgan fingerprint density at radius 1 is 0.566 bits per heavy atom. The van der Waals surface area contributed by atoms with Crippen molar-refractivity contribution in [2.24, 2.45) is 11.5 Å². The van der Waals surface area contributed by atoms with Crippen LogP contribution in [0.1, 0.15) is 55.1 Å². The predicted molar refractivity (Wildman–Crippen MR) is 440 cm³/mol. The van der Waals surface area contributed by atoms with Crippen LogP contribution in [0.2, 0.25) is 30.1 Å². The number of benzene rings is 6. The van der Waals surface area contributed by atoms with Gasteiger partial charge in [0.1, 0.15) is 50.1 Å². The Morgan fingerprint density at radius 3 is 1.18 bits per heavy atom. The topological polar surface area (TPSA) is 223 Å². The number of nitrogens with zero attached hydrogens (tertiary/aromatic N) is 10. The highest BCUT2D eigenvalue weighted by atomic mass is 127. The fourth-order valence-electron chi connectivity index (χ4n) is 10.0. The minimum atomic E-state index is -4.94. The van der Waals surface area contributed by atoms with Crippen molar-refractivity contribution >= 4 is 195 Å². The van der Waals surface area contributed by atoms with E-state index in [0.717, 1.165) is 44.0 Å². The number of thiazole rings is 1. The fourth-order valence-corrected chi connectivity index (χ4v) is 12.4. The van der Waals surface area contributed by atoms with Crippen molar-refractivity contribution in [1.82, 2.24) is 49.8 Å². The molecule has 0 unspecified atom stereocenters. The Labute approximate surface area is 724 Å². The third kappa shape index (κ3) is 23.3. The molecule has 598 valence electrons. The van der Waals surface area contributed by atoms with Crippen LogP contribution in [0.5, 0.6) is 0 Å². The van der Waals surface area contributed by atoms with E-state index in [1.165, 1.54) is 126 Å². The molecule has 17 nitrogen and oxygen atoms in total. The number of alkyl halides is 15. The number of halogens is 24. The lowest BCUT2D eigenvalue weighted by Gasteiger charge is -2.12. The third-order valence-corrected chi connectivity index (χ3v) is 17.0. The van der Waals surface area contributed by atoms with Gasteiger partial charge in [0.25, 0.3) is 5.91 Å². The molecule has 7 heterocycles. The summed E-state index contributed by atoms with van der Waals surface area (Å²) >= 11 is 59.4. The van der Waals surface area contributed by atoms with Crippen molar-refractivity contribution in [2.45, 2.75) is 46.3 Å². The standard InChI is InChI=1S/C22H10Cl2F4N4OS.C20H10Cl2F4N4O2.C20H10Cl2F4N4OS.C3H6Cl2O.C2H4I2.C2H5I.CH3F/c23-11-3-1-4-12(9-11)32-20(22(26,27)28)13(10-30-32)19-17(21-29-7-8-34-21)18(31-33-19)16-14(24)5-2-6-15(16)25;21-9-3-1-4-10(7-9)30-18(20(24,25)26)11(8-28-30)17-15(19(27)31)16(29-32-17)14-12(22)5-2-6-13(14)23;21-9-3-1-4-10(7-9)30-18(20(24,25)26)11(8-28-30)17-15(19(27)32)16(29-31-17)14-12(22)5-2-6-13(14)23;1-2-6-3(4)5;1-2(3)4;1-2-3;1-2/h1-10H;1-8H,(H2,27,31);1-8H,(H2,27,32);3H,2H2,1H3;2H,1H3;2H2,1H3;1H3/i;;;;;;1D. The van der Waals surface area contributed by atoms with Gasteiger partial charge in [-0.1, -0.05) is 232 Å². The molecule has 113 heavy (non-hydrogen) atoms. The Kier molecular flexibility index (Phi) is 33.9. The second-order valence-corrected chi connectivity index (χ2v) is 34.0. The number of hydrogen-bond donors (Lipinski definition) is 2. The maximum absolute atomic E-state index is 14.7. The Balaban J connectivity index is 0.000000216. The van der Waals surface area contributed by atoms with Gasteiger partial charge >= 0.3 is 18.5 Å². The van der Waals surface area contributed by atoms with E-state index in [2.05, 4.69) is 122 Å². The molecular formula is C70H48Cl8F13I3N12O5S2. The first-order valence-corrected chi connectivity index (χ1v) is 39.4. The summed E-state index contributed by atoms with van der Waals surface area (Å²) in [6, 6.07) is 28.6. The zero-order valence-electron chi connectivity index (χ0n) is 57.8. The zero-order chi connectivity index (χ0) is 84.4. The smallest absolute Gasteiger partial charge is 0.389 e. The Hall–Kier alpha value is -6.87. The molecule has 7 aromatic heterocycles. The van der Waals surface area contributed by atoms with E-state index in [1.807, 2.05) is 6.92 Å². The van der Waals surface area contributed by atoms with E-state index < -0.39 is 111 Å². The molecule has 1 amide bonds. The number of thiocarbonyl (C=S) groups is 1. The van der Waals surface area contributed by atoms with E-state index in [0.29, 0.717) is 20.7 Å². The molecule has 13 rings (SSSR count). The van der Waals surface area contributed by atoms with Crippen LogP contribution in [0.3, 0.4) is 0 Å². The van der Waals surface area contributed by atoms with E-state index in [9.17, 15) is 61.9 Å². The quantitative estimate of drug-likeness (QED) is 0.0447. The monoisotopic (exact) mass is 2110 g/mol. The van der Waals surface area contributed by atoms with E-state index in [1.54, 1.807) is 5.38 Å². The third-order valence-electron chi connectivity index (χ3n) is 14.1. The number of ether oxygens (including phenoxy) is 1. The van der Waals surface area contributed by atoms with E-state index >= 15 is 0 Å². The normalized spacial score (nSPS) is 11.4. The summed E-state index contributed by atoms with van der Waals surface area (Å²) < 4.78 is 211. The molecule has 0 aliphatic carbocycles. The summed E-state index contributed by atoms with van der Waals surface area (Å²) in [5, 5.41) is 24.5. The maximum Gasteiger partial charge on any atom is 0.434 e. The molecular weight excluding hydrogens is 2060 g/mol. The molecule has 0 aliphatic heterocycles. The average molecular weight is 2110 g/mol. The lowest BCUT2D eigenvalue weighted by molar-refractivity contribution is -0.143. The van der Waals surface area contributed by atoms with Gasteiger partial charge in [-0.25, -0.2) is 32.2 Å². The first kappa shape index (κ1) is 91.7. The highest BCUT2D eigenvalue weighted by Gasteiger charge is 2.45. The molecule has 0 saturated carbocycles. The molecule has 4 N–H and O–H groups in total. The van der Waals surface area contributed by atoms with Gasteiger partial charge in [0.15, 0.2) is 34.4 Å². The number of hydrogen-bond acceptors (Lipinski definition) is 14. The molecule has 0 saturated heterocycles. The van der Waals surface area contributed by atoms with Gasteiger partial charge < -0.3 is 29.8 Å². The number of primary amides is 1. The van der Waals surface area contributed by atoms with Crippen LogP contribution in [0.4, 0.5) is 57.1 Å². The van der Waals surface area contributed by atoms with Crippen molar-refractivity contribution in [3.63, 3.8) is 0 Å². The van der Waals surface area contributed by atoms with Crippen molar-refractivity contribution in [1.29, 1.82) is 0 Å². The number of rotatable bonds is 14. The fraction of sp³-hybridized carbons (Fsp3) is 0.157. The van der Waals surface area contributed by atoms with E-state index in [-0.39, 0.29) is 102 Å². The largest absolute Gasteiger partial charge is 0.434 e. The zero-order valence-corrected chi connectivity index (χ0v) is 71.0. The van der Waals surface area contributed by atoms with Crippen LogP contribution in [-0.2, 0) is 23.3 Å². The van der Waals surface area contributed by atoms with Crippen LogP contribution >= 0.6 is 184 Å². The lowest BCUT2D eigenvalue weighted by Crippen LogP contribution is -2.16. The van der Waals surface area contributed by atoms with Crippen molar-refractivity contribution < 1.29 is 81.5 Å². The van der Waals surface area contributed by atoms with Crippen LogP contribution < -0.4 is 11.5 Å². The molecule has 0 atom stereocenters. The Bertz CT molecular complexity index is 5170. The molecule has 0 bridgehead atoms. The number of nitrogens with two attached hydrogens (primary N) is 2. The summed E-state index contributed by atoms with van der Waals surface area (Å²) in [5.41, 5.74) is 4.15. The van der Waals surface area contributed by atoms with Gasteiger partial charge in [0.05, 0.1) is 106 Å². The molecule has 13 aromatic rings. The second-order valence-electron chi connectivity index (χ2n) is 21.5. The van der Waals surface area contributed by atoms with Gasteiger partial charge in [0.2, 0.25) is 5.02 Å². The molecule has 43 heteroatoms. The number of amides is 1. The molecule has 0 radical (unpaired) electrons. The van der Waals surface area contributed by atoms with Crippen molar-refractivity contribution in [2.75, 3.05) is 18.2 Å². The summed E-state index contributed by atoms with van der Waals surface area (Å²) in [6.45, 7) is 6.65. The van der Waals surface area contributed by atoms with Crippen LogP contribution in [0, 0.1) is 17.5 Å². The number of aromatic nitrogens is 10. The minimum Gasteiger partial charge on any atom is -0.389 e. The van der Waals surface area contributed by atoms with Crippen LogP contribution in [0.15, 0.2) is 171 Å². The van der Waals surface area contributed by atoms with Crippen molar-refractivity contribution in [3.05, 3.63) is 233 Å². The van der Waals surface area contributed by atoms with Gasteiger partial charge in [-0.05, 0) is 109 Å². The minimum absolute atomic E-state index is 0.00795. The molecule has 0 fully saturated rings. The first-order valence-electron chi connectivity index (χ1n) is 31.6. The Morgan fingerprint density at radius 2 is 0.885 bits per heavy atom. The molecule has 6 aromatic carbocycles. The summed E-state index contributed by atoms with van der Waals surface area (Å²) in [5.74, 6) is -4.88. The average Bonchev–Trinajstić information content (AvgIpc) is 1.60. The highest BCUT2D eigenvalue weighted by molar-refractivity contribution is 14.2. The summed E-state index contributed by atoms with van der Waals surface area (Å²) in [7, 11) is -1.00. The van der Waals surface area contributed by atoms with Crippen LogP contribution in [-0.4, -0.2) is 85.8 Å². The highest BCUT2D eigenvalue weighted by Crippen LogP contribution is 2.49. The van der Waals surface area contributed by atoms with E-state index in [4.69, 9.17) is 131 Å². The maximum atomic E-state index is 14.7. The van der Waals surface area contributed by atoms with Gasteiger partial charge in [-0.3, -0.25) is 9.18 Å². The second kappa shape index (κ2) is 41.8. The van der Waals surface area contributed by atoms with Crippen LogP contribution in [0.25, 0.3) is 95.4 Å². The van der Waals surface area contributed by atoms with Gasteiger partial charge in [0, 0.05) is 33.3 Å². The lowest BCUT2D eigenvalue weighted by atomic mass is 10.0.